The minimum Gasteiger partial charge on any atom is -0.467 e. The van der Waals surface area contributed by atoms with Crippen molar-refractivity contribution in [2.24, 2.45) is 0 Å². The number of nitrogens with zero attached hydrogens (tertiary/aromatic N) is 3. The fraction of sp³-hybridized carbons (Fsp3) is 0.0769. The Bertz CT molecular complexity index is 1570. The number of aryl methyl sites for hydroxylation is 1. The van der Waals surface area contributed by atoms with Gasteiger partial charge in [-0.2, -0.15) is 5.26 Å². The predicted octanol–water partition coefficient (Wildman–Crippen LogP) is 4.03. The number of hydrogen-bond donors (Lipinski definition) is 2. The van der Waals surface area contributed by atoms with E-state index in [2.05, 4.69) is 21.5 Å². The Labute approximate surface area is 218 Å². The molecule has 0 aliphatic carbocycles. The largest absolute Gasteiger partial charge is 0.467 e. The van der Waals surface area contributed by atoms with Crippen LogP contribution >= 0.6 is 11.6 Å². The van der Waals surface area contributed by atoms with Gasteiger partial charge in [-0.15, -0.1) is 4.83 Å². The van der Waals surface area contributed by atoms with E-state index in [0.29, 0.717) is 27.4 Å². The maximum Gasteiger partial charge on any atom is 0.272 e. The molecular weight excluding hydrogens is 514 g/mol. The molecule has 0 aliphatic rings. The lowest BCUT2D eigenvalue weighted by molar-refractivity contribution is -0.123. The number of pyridine rings is 2. The summed E-state index contributed by atoms with van der Waals surface area (Å²) in [6.07, 6.45) is 3.20. The number of sulfonamides is 1. The number of rotatable bonds is 8. The third-order valence-electron chi connectivity index (χ3n) is 5.21. The first-order valence-electron chi connectivity index (χ1n) is 10.9. The summed E-state index contributed by atoms with van der Waals surface area (Å²) in [4.78, 5) is 23.0. The Morgan fingerprint density at radius 3 is 2.46 bits per heavy atom. The molecule has 0 atom stereocenters. The van der Waals surface area contributed by atoms with Crippen LogP contribution in [-0.4, -0.2) is 30.9 Å². The van der Waals surface area contributed by atoms with Gasteiger partial charge in [0.25, 0.3) is 15.9 Å². The summed E-state index contributed by atoms with van der Waals surface area (Å²) in [5.74, 6) is -0.883. The second-order valence-electron chi connectivity index (χ2n) is 7.85. The normalized spacial score (nSPS) is 10.9. The molecule has 2 aromatic heterocycles. The second-order valence-corrected chi connectivity index (χ2v) is 9.97. The zero-order chi connectivity index (χ0) is 26.4. The van der Waals surface area contributed by atoms with Gasteiger partial charge in [-0.25, -0.2) is 13.4 Å². The van der Waals surface area contributed by atoms with E-state index in [4.69, 9.17) is 16.3 Å². The van der Waals surface area contributed by atoms with E-state index in [1.807, 2.05) is 11.8 Å². The van der Waals surface area contributed by atoms with Gasteiger partial charge in [0.15, 0.2) is 6.61 Å². The topological polar surface area (TPSA) is 134 Å². The average Bonchev–Trinajstić information content (AvgIpc) is 2.91. The Morgan fingerprint density at radius 1 is 1.08 bits per heavy atom. The Balaban J connectivity index is 1.58. The number of aromatic nitrogens is 2. The summed E-state index contributed by atoms with van der Waals surface area (Å²) in [6, 6.07) is 20.4. The van der Waals surface area contributed by atoms with Gasteiger partial charge in [0.05, 0.1) is 10.6 Å². The van der Waals surface area contributed by atoms with Gasteiger partial charge in [0.2, 0.25) is 5.88 Å². The van der Waals surface area contributed by atoms with E-state index in [0.717, 1.165) is 5.56 Å². The maximum atomic E-state index is 12.4. The van der Waals surface area contributed by atoms with E-state index in [9.17, 15) is 18.5 Å². The number of carbonyl (C=O) groups excluding carboxylic acids is 1. The molecule has 0 saturated heterocycles. The summed E-state index contributed by atoms with van der Waals surface area (Å²) in [7, 11) is -3.98. The highest BCUT2D eigenvalue weighted by Gasteiger charge is 2.19. The van der Waals surface area contributed by atoms with Crippen molar-refractivity contribution in [3.05, 3.63) is 95.3 Å². The number of nitrogens with one attached hydrogen (secondary N) is 2. The Morgan fingerprint density at radius 2 is 1.81 bits per heavy atom. The minimum absolute atomic E-state index is 0.00969. The van der Waals surface area contributed by atoms with E-state index in [1.165, 1.54) is 12.1 Å². The number of nitriles is 1. The molecule has 9 nitrogen and oxygen atoms in total. The molecule has 0 spiro atoms. The van der Waals surface area contributed by atoms with Crippen molar-refractivity contribution in [3.8, 4) is 34.3 Å². The first-order valence-corrected chi connectivity index (χ1v) is 12.7. The van der Waals surface area contributed by atoms with Crippen molar-refractivity contribution in [2.45, 2.75) is 11.8 Å². The van der Waals surface area contributed by atoms with Crippen LogP contribution in [-0.2, 0) is 14.8 Å². The van der Waals surface area contributed by atoms with Crippen LogP contribution in [0.1, 0.15) is 11.1 Å². The maximum absolute atomic E-state index is 12.4. The average molecular weight is 534 g/mol. The number of halogens is 1. The van der Waals surface area contributed by atoms with E-state index in [1.54, 1.807) is 67.0 Å². The molecule has 2 N–H and O–H groups in total. The Kier molecular flexibility index (Phi) is 7.79. The predicted molar refractivity (Wildman–Crippen MR) is 138 cm³/mol. The minimum atomic E-state index is -3.98. The van der Waals surface area contributed by atoms with Gasteiger partial charge in [0, 0.05) is 34.1 Å². The number of hydrazine groups is 1. The summed E-state index contributed by atoms with van der Waals surface area (Å²) in [6.45, 7) is 1.22. The van der Waals surface area contributed by atoms with E-state index < -0.39 is 22.5 Å². The van der Waals surface area contributed by atoms with Crippen LogP contribution in [0.5, 0.6) is 5.88 Å². The van der Waals surface area contributed by atoms with Gasteiger partial charge in [-0.1, -0.05) is 47.5 Å². The zero-order valence-electron chi connectivity index (χ0n) is 19.5. The molecule has 0 aliphatic heterocycles. The monoisotopic (exact) mass is 533 g/mol. The number of hydrogen-bond acceptors (Lipinski definition) is 7. The lowest BCUT2D eigenvalue weighted by Gasteiger charge is -2.14. The first-order chi connectivity index (χ1) is 17.8. The summed E-state index contributed by atoms with van der Waals surface area (Å²) in [5, 5.41) is 10.4. The molecule has 0 unspecified atom stereocenters. The van der Waals surface area contributed by atoms with Gasteiger partial charge >= 0.3 is 0 Å². The fourth-order valence-corrected chi connectivity index (χ4v) is 4.31. The highest BCUT2D eigenvalue weighted by Crippen LogP contribution is 2.33. The number of ether oxygens (including phenoxy) is 1. The molecule has 37 heavy (non-hydrogen) atoms. The van der Waals surface area contributed by atoms with E-state index >= 15 is 0 Å². The van der Waals surface area contributed by atoms with Gasteiger partial charge in [0.1, 0.15) is 11.6 Å². The van der Waals surface area contributed by atoms with Gasteiger partial charge < -0.3 is 4.74 Å². The summed E-state index contributed by atoms with van der Waals surface area (Å²) < 4.78 is 30.4. The molecule has 4 aromatic rings. The summed E-state index contributed by atoms with van der Waals surface area (Å²) in [5.41, 5.74) is 5.43. The highest BCUT2D eigenvalue weighted by molar-refractivity contribution is 7.89. The van der Waals surface area contributed by atoms with E-state index in [-0.39, 0.29) is 16.3 Å². The van der Waals surface area contributed by atoms with Crippen LogP contribution < -0.4 is 15.0 Å². The number of carbonyl (C=O) groups is 1. The van der Waals surface area contributed by atoms with Crippen LogP contribution in [0.15, 0.2) is 84.0 Å². The van der Waals surface area contributed by atoms with Crippen molar-refractivity contribution < 1.29 is 17.9 Å². The molecule has 0 fully saturated rings. The molecular formula is C26H20ClN5O4S. The van der Waals surface area contributed by atoms with Crippen molar-refractivity contribution in [3.63, 3.8) is 0 Å². The SMILES string of the molecule is Cc1ccc(S(=O)(=O)NNC(=O)COc2nc(-c3ccc(Cl)cc3)cc(-c3cccnc3)c2C#N)cc1. The molecule has 2 heterocycles. The lowest BCUT2D eigenvalue weighted by Crippen LogP contribution is -2.43. The van der Waals surface area contributed by atoms with Crippen molar-refractivity contribution in [1.29, 1.82) is 5.26 Å². The molecule has 186 valence electrons. The fourth-order valence-electron chi connectivity index (χ4n) is 3.32. The third kappa shape index (κ3) is 6.29. The number of amides is 1. The third-order valence-corrected chi connectivity index (χ3v) is 6.72. The van der Waals surface area contributed by atoms with Crippen LogP contribution in [0.4, 0.5) is 0 Å². The zero-order valence-corrected chi connectivity index (χ0v) is 21.0. The standard InChI is InChI=1S/C26H20ClN5O4S/c1-17-4-10-21(11-5-17)37(34,35)32-31-25(33)16-36-26-23(14-28)22(19-3-2-12-29-15-19)13-24(30-26)18-6-8-20(27)9-7-18/h2-13,15,32H,16H2,1H3,(H,31,33). The lowest BCUT2D eigenvalue weighted by atomic mass is 10.00. The molecule has 4 rings (SSSR count). The molecule has 1 amide bonds. The number of benzene rings is 2. The smallest absolute Gasteiger partial charge is 0.272 e. The van der Waals surface area contributed by atoms with Crippen LogP contribution in [0.2, 0.25) is 5.02 Å². The van der Waals surface area contributed by atoms with Crippen LogP contribution in [0.25, 0.3) is 22.4 Å². The first kappa shape index (κ1) is 25.8. The van der Waals surface area contributed by atoms with Crippen molar-refractivity contribution in [1.82, 2.24) is 20.2 Å². The highest BCUT2D eigenvalue weighted by atomic mass is 35.5. The van der Waals surface area contributed by atoms with Crippen LogP contribution in [0.3, 0.4) is 0 Å². The second kappa shape index (κ2) is 11.2. The van der Waals surface area contributed by atoms with Gasteiger partial charge in [-0.05, 0) is 43.3 Å². The van der Waals surface area contributed by atoms with Gasteiger partial charge in [-0.3, -0.25) is 15.2 Å². The molecule has 0 saturated carbocycles. The van der Waals surface area contributed by atoms with Crippen molar-refractivity contribution in [2.75, 3.05) is 6.61 Å². The quantitative estimate of drug-likeness (QED) is 0.326. The molecule has 11 heteroatoms. The molecule has 0 bridgehead atoms. The van der Waals surface area contributed by atoms with Crippen LogP contribution in [0, 0.1) is 18.3 Å². The summed E-state index contributed by atoms with van der Waals surface area (Å²) >= 11 is 6.01. The Hall–Kier alpha value is -4.30. The van der Waals surface area contributed by atoms with Crippen molar-refractivity contribution >= 4 is 27.5 Å². The molecule has 2 aromatic carbocycles. The molecule has 0 radical (unpaired) electrons.